The molecule has 1 aliphatic heterocycles. The maximum Gasteiger partial charge on any atom is 0.321 e. The van der Waals surface area contributed by atoms with Crippen molar-refractivity contribution in [2.24, 2.45) is 0 Å². The monoisotopic (exact) mass is 360 g/mol. The van der Waals surface area contributed by atoms with Crippen molar-refractivity contribution in [3.05, 3.63) is 18.2 Å². The summed E-state index contributed by atoms with van der Waals surface area (Å²) in [4.78, 5) is 35.8. The van der Waals surface area contributed by atoms with Gasteiger partial charge in [-0.3, -0.25) is 14.9 Å². The van der Waals surface area contributed by atoms with E-state index in [9.17, 15) is 14.4 Å². The third-order valence-corrected chi connectivity index (χ3v) is 4.61. The number of imide groups is 1. The first-order valence-corrected chi connectivity index (χ1v) is 8.92. The van der Waals surface area contributed by atoms with Gasteiger partial charge in [0.1, 0.15) is 11.8 Å². The van der Waals surface area contributed by atoms with Crippen LogP contribution in [0.5, 0.6) is 5.75 Å². The number of carbonyl (C=O) groups excluding carboxylic acids is 3. The number of urea groups is 1. The van der Waals surface area contributed by atoms with Gasteiger partial charge in [-0.25, -0.2) is 4.79 Å². The summed E-state index contributed by atoms with van der Waals surface area (Å²) in [5.74, 6) is -0.0631. The average molecular weight is 360 g/mol. The van der Waals surface area contributed by atoms with E-state index in [0.717, 1.165) is 25.7 Å². The molecule has 2 aliphatic rings. The highest BCUT2D eigenvalue weighted by Crippen LogP contribution is 2.32. The van der Waals surface area contributed by atoms with Crippen LogP contribution in [0.3, 0.4) is 0 Å². The van der Waals surface area contributed by atoms with Crippen LogP contribution in [0, 0.1) is 0 Å². The second-order valence-electron chi connectivity index (χ2n) is 6.77. The molecule has 1 aromatic rings. The standard InChI is InChI=1S/C18H24N4O4/c1-10(16(23)22-18(25)20-12-5-3-4-6-12)19-13-7-8-15-14(9-13)21-17(24)11(2)26-15/h7-12,19H,3-6H2,1-2H3,(H,21,24)(H2,20,22,23,25)/t10-,11+/m0/s1. The zero-order valence-corrected chi connectivity index (χ0v) is 14.9. The first-order chi connectivity index (χ1) is 12.4. The lowest BCUT2D eigenvalue weighted by Gasteiger charge is -2.24. The predicted molar refractivity (Wildman–Crippen MR) is 97.2 cm³/mol. The Kier molecular flexibility index (Phi) is 5.29. The van der Waals surface area contributed by atoms with E-state index in [1.807, 2.05) is 0 Å². The molecule has 0 bridgehead atoms. The Morgan fingerprint density at radius 3 is 2.73 bits per heavy atom. The summed E-state index contributed by atoms with van der Waals surface area (Å²) in [6, 6.07) is 4.24. The molecule has 1 fully saturated rings. The molecule has 4 amide bonds. The molecule has 8 heteroatoms. The van der Waals surface area contributed by atoms with E-state index in [0.29, 0.717) is 17.1 Å². The first-order valence-electron chi connectivity index (χ1n) is 8.92. The zero-order chi connectivity index (χ0) is 18.7. The molecular formula is C18H24N4O4. The Morgan fingerprint density at radius 2 is 2.00 bits per heavy atom. The van der Waals surface area contributed by atoms with Crippen LogP contribution in [-0.2, 0) is 9.59 Å². The molecule has 26 heavy (non-hydrogen) atoms. The van der Waals surface area contributed by atoms with Gasteiger partial charge >= 0.3 is 6.03 Å². The van der Waals surface area contributed by atoms with E-state index >= 15 is 0 Å². The van der Waals surface area contributed by atoms with Gasteiger partial charge < -0.3 is 20.7 Å². The van der Waals surface area contributed by atoms with Crippen molar-refractivity contribution >= 4 is 29.2 Å². The number of rotatable bonds is 4. The molecule has 140 valence electrons. The maximum atomic E-state index is 12.2. The lowest BCUT2D eigenvalue weighted by atomic mass is 10.2. The number of carbonyl (C=O) groups is 3. The number of ether oxygens (including phenoxy) is 1. The second-order valence-corrected chi connectivity index (χ2v) is 6.77. The molecule has 0 radical (unpaired) electrons. The number of hydrogen-bond donors (Lipinski definition) is 4. The molecule has 1 heterocycles. The fraction of sp³-hybridized carbons (Fsp3) is 0.500. The summed E-state index contributed by atoms with van der Waals surface area (Å²) in [6.45, 7) is 3.34. The van der Waals surface area contributed by atoms with Crippen molar-refractivity contribution < 1.29 is 19.1 Å². The van der Waals surface area contributed by atoms with Gasteiger partial charge in [0.15, 0.2) is 6.10 Å². The van der Waals surface area contributed by atoms with E-state index in [1.165, 1.54) is 0 Å². The molecule has 1 aliphatic carbocycles. The van der Waals surface area contributed by atoms with E-state index in [4.69, 9.17) is 4.74 Å². The van der Waals surface area contributed by atoms with Crippen molar-refractivity contribution in [2.45, 2.75) is 57.7 Å². The van der Waals surface area contributed by atoms with Crippen LogP contribution in [-0.4, -0.2) is 36.0 Å². The van der Waals surface area contributed by atoms with Crippen molar-refractivity contribution in [3.8, 4) is 5.75 Å². The Balaban J connectivity index is 1.54. The van der Waals surface area contributed by atoms with Gasteiger partial charge in [-0.2, -0.15) is 0 Å². The molecular weight excluding hydrogens is 336 g/mol. The minimum absolute atomic E-state index is 0.151. The molecule has 2 atom stereocenters. The summed E-state index contributed by atoms with van der Waals surface area (Å²) < 4.78 is 5.50. The van der Waals surface area contributed by atoms with Crippen molar-refractivity contribution in [2.75, 3.05) is 10.6 Å². The summed E-state index contributed by atoms with van der Waals surface area (Å²) >= 11 is 0. The molecule has 1 aromatic carbocycles. The molecule has 0 unspecified atom stereocenters. The van der Waals surface area contributed by atoms with Gasteiger partial charge in [0.05, 0.1) is 5.69 Å². The Bertz CT molecular complexity index is 715. The highest BCUT2D eigenvalue weighted by Gasteiger charge is 2.24. The summed E-state index contributed by atoms with van der Waals surface area (Å²) in [5, 5.41) is 10.9. The molecule has 0 saturated heterocycles. The molecule has 4 N–H and O–H groups in total. The topological polar surface area (TPSA) is 109 Å². The van der Waals surface area contributed by atoms with E-state index in [1.54, 1.807) is 32.0 Å². The third kappa shape index (κ3) is 4.25. The minimum Gasteiger partial charge on any atom is -0.479 e. The largest absolute Gasteiger partial charge is 0.479 e. The SMILES string of the molecule is C[C@H](Nc1ccc2c(c1)NC(=O)[C@@H](C)O2)C(=O)NC(=O)NC1CCCC1. The van der Waals surface area contributed by atoms with Crippen LogP contribution < -0.4 is 26.0 Å². The normalized spacial score (nSPS) is 20.4. The van der Waals surface area contributed by atoms with Crippen LogP contribution in [0.25, 0.3) is 0 Å². The number of benzene rings is 1. The average Bonchev–Trinajstić information content (AvgIpc) is 3.08. The Hall–Kier alpha value is -2.77. The highest BCUT2D eigenvalue weighted by atomic mass is 16.5. The summed E-state index contributed by atoms with van der Waals surface area (Å²) in [6.07, 6.45) is 3.58. The molecule has 1 saturated carbocycles. The number of anilines is 2. The van der Waals surface area contributed by atoms with Crippen LogP contribution in [0.1, 0.15) is 39.5 Å². The lowest BCUT2D eigenvalue weighted by molar-refractivity contribution is -0.123. The van der Waals surface area contributed by atoms with Crippen LogP contribution in [0.2, 0.25) is 0 Å². The Labute approximate surface area is 152 Å². The van der Waals surface area contributed by atoms with Crippen molar-refractivity contribution in [3.63, 3.8) is 0 Å². The predicted octanol–water partition coefficient (Wildman–Crippen LogP) is 1.97. The number of nitrogens with one attached hydrogen (secondary N) is 4. The second kappa shape index (κ2) is 7.63. The highest BCUT2D eigenvalue weighted by molar-refractivity contribution is 5.99. The quantitative estimate of drug-likeness (QED) is 0.656. The van der Waals surface area contributed by atoms with E-state index < -0.39 is 24.1 Å². The van der Waals surface area contributed by atoms with Gasteiger partial charge in [0.25, 0.3) is 5.91 Å². The fourth-order valence-corrected chi connectivity index (χ4v) is 3.13. The fourth-order valence-electron chi connectivity index (χ4n) is 3.13. The minimum atomic E-state index is -0.624. The summed E-state index contributed by atoms with van der Waals surface area (Å²) in [5.41, 5.74) is 1.19. The van der Waals surface area contributed by atoms with Crippen molar-refractivity contribution in [1.82, 2.24) is 10.6 Å². The third-order valence-electron chi connectivity index (χ3n) is 4.61. The first kappa shape index (κ1) is 18.0. The molecule has 8 nitrogen and oxygen atoms in total. The molecule has 3 rings (SSSR count). The maximum absolute atomic E-state index is 12.2. The smallest absolute Gasteiger partial charge is 0.321 e. The van der Waals surface area contributed by atoms with Gasteiger partial charge in [-0.05, 0) is 44.9 Å². The van der Waals surface area contributed by atoms with Crippen LogP contribution in [0.15, 0.2) is 18.2 Å². The van der Waals surface area contributed by atoms with Crippen molar-refractivity contribution in [1.29, 1.82) is 0 Å². The van der Waals surface area contributed by atoms with Gasteiger partial charge in [0, 0.05) is 11.7 Å². The van der Waals surface area contributed by atoms with Gasteiger partial charge in [-0.1, -0.05) is 12.8 Å². The van der Waals surface area contributed by atoms with E-state index in [-0.39, 0.29) is 11.9 Å². The Morgan fingerprint density at radius 1 is 1.27 bits per heavy atom. The zero-order valence-electron chi connectivity index (χ0n) is 14.9. The van der Waals surface area contributed by atoms with Gasteiger partial charge in [0.2, 0.25) is 5.91 Å². The van der Waals surface area contributed by atoms with Crippen LogP contribution in [0.4, 0.5) is 16.2 Å². The number of fused-ring (bicyclic) bond motifs is 1. The molecule has 0 spiro atoms. The number of hydrogen-bond acceptors (Lipinski definition) is 5. The van der Waals surface area contributed by atoms with Gasteiger partial charge in [-0.15, -0.1) is 0 Å². The molecule has 0 aromatic heterocycles. The lowest BCUT2D eigenvalue weighted by Crippen LogP contribution is -2.48. The van der Waals surface area contributed by atoms with Crippen LogP contribution >= 0.6 is 0 Å². The number of amides is 4. The summed E-state index contributed by atoms with van der Waals surface area (Å²) in [7, 11) is 0. The van der Waals surface area contributed by atoms with E-state index in [2.05, 4.69) is 21.3 Å².